The number of carbonyl (C=O) groups excluding carboxylic acids is 2. The molecule has 2 aromatic carbocycles. The third-order valence-corrected chi connectivity index (χ3v) is 7.21. The Bertz CT molecular complexity index is 1050. The third kappa shape index (κ3) is 6.87. The predicted octanol–water partition coefficient (Wildman–Crippen LogP) is 3.40. The zero-order chi connectivity index (χ0) is 26.4. The van der Waals surface area contributed by atoms with Crippen LogP contribution < -0.4 is 10.1 Å². The summed E-state index contributed by atoms with van der Waals surface area (Å²) in [6.07, 6.45) is 1.47. The topological polar surface area (TPSA) is 65.1 Å². The van der Waals surface area contributed by atoms with Crippen LogP contribution in [0, 0.1) is 11.7 Å². The summed E-state index contributed by atoms with van der Waals surface area (Å²) in [5, 5.41) is 3.35. The van der Waals surface area contributed by atoms with Gasteiger partial charge in [0.25, 0.3) is 5.91 Å². The Morgan fingerprint density at radius 2 is 1.92 bits per heavy atom. The fourth-order valence-electron chi connectivity index (χ4n) is 5.37. The summed E-state index contributed by atoms with van der Waals surface area (Å²) >= 11 is 0. The zero-order valence-electron chi connectivity index (χ0n) is 22.2. The first-order valence-electron chi connectivity index (χ1n) is 13.3. The van der Waals surface area contributed by atoms with Crippen LogP contribution in [0.1, 0.15) is 42.6 Å². The summed E-state index contributed by atoms with van der Waals surface area (Å²) in [5.41, 5.74) is 1.53. The van der Waals surface area contributed by atoms with Gasteiger partial charge in [0.15, 0.2) is 0 Å². The normalized spacial score (nSPS) is 20.4. The molecular weight excluding hydrogens is 471 g/mol. The van der Waals surface area contributed by atoms with Gasteiger partial charge in [0.2, 0.25) is 5.91 Å². The quantitative estimate of drug-likeness (QED) is 0.590. The van der Waals surface area contributed by atoms with Gasteiger partial charge in [0.05, 0.1) is 7.11 Å². The van der Waals surface area contributed by atoms with Crippen molar-refractivity contribution in [2.45, 2.75) is 45.3 Å². The number of nitrogens with zero attached hydrogens (tertiary/aromatic N) is 3. The molecule has 7 nitrogen and oxygen atoms in total. The van der Waals surface area contributed by atoms with Gasteiger partial charge in [-0.25, -0.2) is 4.39 Å². The lowest BCUT2D eigenvalue weighted by atomic mass is 10.1. The smallest absolute Gasteiger partial charge is 0.254 e. The molecule has 0 saturated carbocycles. The van der Waals surface area contributed by atoms with Gasteiger partial charge >= 0.3 is 0 Å². The van der Waals surface area contributed by atoms with Gasteiger partial charge in [0.1, 0.15) is 17.6 Å². The maximum atomic E-state index is 13.8. The molecule has 8 heteroatoms. The van der Waals surface area contributed by atoms with E-state index in [0.717, 1.165) is 31.6 Å². The Balaban J connectivity index is 1.61. The van der Waals surface area contributed by atoms with Crippen molar-refractivity contribution in [3.05, 3.63) is 65.5 Å². The number of benzene rings is 2. The molecule has 2 aliphatic rings. The number of likely N-dealkylation sites (tertiary alicyclic amines) is 1. The monoisotopic (exact) mass is 510 g/mol. The molecule has 2 atom stereocenters. The fraction of sp³-hybridized carbons (Fsp3) is 0.517. The predicted molar refractivity (Wildman–Crippen MR) is 142 cm³/mol. The average Bonchev–Trinajstić information content (AvgIpc) is 3.16. The van der Waals surface area contributed by atoms with Crippen LogP contribution in [-0.4, -0.2) is 85.0 Å². The molecule has 2 heterocycles. The summed E-state index contributed by atoms with van der Waals surface area (Å²) in [4.78, 5) is 33.6. The van der Waals surface area contributed by atoms with Gasteiger partial charge in [-0.3, -0.25) is 14.5 Å². The van der Waals surface area contributed by atoms with Crippen molar-refractivity contribution in [1.82, 2.24) is 20.0 Å². The molecule has 0 aromatic heterocycles. The molecule has 2 amide bonds. The number of nitrogens with one attached hydrogen (secondary N) is 1. The lowest BCUT2D eigenvalue weighted by Crippen LogP contribution is -2.48. The van der Waals surface area contributed by atoms with E-state index < -0.39 is 6.04 Å². The number of rotatable bonds is 8. The number of amides is 2. The Kier molecular flexibility index (Phi) is 9.16. The van der Waals surface area contributed by atoms with Gasteiger partial charge < -0.3 is 19.9 Å². The van der Waals surface area contributed by atoms with E-state index in [1.165, 1.54) is 12.1 Å². The Labute approximate surface area is 219 Å². The van der Waals surface area contributed by atoms with E-state index >= 15 is 0 Å². The summed E-state index contributed by atoms with van der Waals surface area (Å²) in [6.45, 7) is 9.24. The molecule has 2 aliphatic heterocycles. The minimum Gasteiger partial charge on any atom is -0.497 e. The molecule has 37 heavy (non-hydrogen) atoms. The highest BCUT2D eigenvalue weighted by Crippen LogP contribution is 2.29. The molecule has 2 saturated heterocycles. The summed E-state index contributed by atoms with van der Waals surface area (Å²) in [7, 11) is 1.58. The van der Waals surface area contributed by atoms with E-state index in [1.54, 1.807) is 30.2 Å². The minimum atomic E-state index is -0.523. The molecule has 2 unspecified atom stereocenters. The van der Waals surface area contributed by atoms with Crippen LogP contribution in [0.2, 0.25) is 0 Å². The van der Waals surface area contributed by atoms with Gasteiger partial charge in [-0.05, 0) is 61.2 Å². The van der Waals surface area contributed by atoms with E-state index in [2.05, 4.69) is 24.1 Å². The van der Waals surface area contributed by atoms with Crippen molar-refractivity contribution >= 4 is 11.8 Å². The second kappa shape index (κ2) is 12.5. The van der Waals surface area contributed by atoms with Crippen molar-refractivity contribution in [3.63, 3.8) is 0 Å². The van der Waals surface area contributed by atoms with Crippen LogP contribution in [0.5, 0.6) is 5.75 Å². The Morgan fingerprint density at radius 3 is 2.65 bits per heavy atom. The number of hydrogen-bond donors (Lipinski definition) is 1. The molecule has 2 aromatic rings. The van der Waals surface area contributed by atoms with Gasteiger partial charge in [-0.15, -0.1) is 0 Å². The van der Waals surface area contributed by atoms with Gasteiger partial charge in [0, 0.05) is 50.9 Å². The van der Waals surface area contributed by atoms with Crippen molar-refractivity contribution in [2.24, 2.45) is 5.92 Å². The summed E-state index contributed by atoms with van der Waals surface area (Å²) in [5.74, 6) is 0.621. The first-order valence-corrected chi connectivity index (χ1v) is 13.3. The summed E-state index contributed by atoms with van der Waals surface area (Å²) < 4.78 is 18.9. The molecule has 1 N–H and O–H groups in total. The number of ether oxygens (including phenoxy) is 1. The maximum Gasteiger partial charge on any atom is 0.254 e. The van der Waals surface area contributed by atoms with Crippen molar-refractivity contribution in [2.75, 3.05) is 46.4 Å². The Morgan fingerprint density at radius 1 is 1.14 bits per heavy atom. The van der Waals surface area contributed by atoms with Crippen LogP contribution in [-0.2, 0) is 11.3 Å². The molecule has 0 radical (unpaired) electrons. The van der Waals surface area contributed by atoms with Crippen molar-refractivity contribution < 1.29 is 18.7 Å². The lowest BCUT2D eigenvalue weighted by molar-refractivity contribution is -0.135. The highest BCUT2D eigenvalue weighted by atomic mass is 19.1. The number of hydrogen-bond acceptors (Lipinski definition) is 5. The molecule has 0 aliphatic carbocycles. The molecule has 4 rings (SSSR count). The van der Waals surface area contributed by atoms with E-state index in [1.807, 2.05) is 23.1 Å². The van der Waals surface area contributed by atoms with E-state index in [0.29, 0.717) is 49.8 Å². The van der Waals surface area contributed by atoms with E-state index in [-0.39, 0.29) is 23.7 Å². The minimum absolute atomic E-state index is 0.0149. The standard InChI is InChI=1S/C29H39FN4O3/c1-21(2)18-33(19-22-8-10-24(30)11-9-22)25-17-27(29(36)32-14-5-12-31-13-15-32)34(20-25)28(35)23-6-4-7-26(16-23)37-3/h4,6-11,16,21,25,27,31H,5,12-15,17-20H2,1-3H3. The largest absolute Gasteiger partial charge is 0.497 e. The number of halogens is 1. The van der Waals surface area contributed by atoms with E-state index in [4.69, 9.17) is 4.74 Å². The Hall–Kier alpha value is -2.97. The van der Waals surface area contributed by atoms with Crippen molar-refractivity contribution in [1.29, 1.82) is 0 Å². The van der Waals surface area contributed by atoms with Crippen molar-refractivity contribution in [3.8, 4) is 5.75 Å². The number of methoxy groups -OCH3 is 1. The lowest BCUT2D eigenvalue weighted by Gasteiger charge is -2.30. The molecular formula is C29H39FN4O3. The second-order valence-electron chi connectivity index (χ2n) is 10.5. The molecule has 200 valence electrons. The highest BCUT2D eigenvalue weighted by Gasteiger charge is 2.43. The molecule has 0 spiro atoms. The summed E-state index contributed by atoms with van der Waals surface area (Å²) in [6, 6.07) is 13.2. The van der Waals surface area contributed by atoms with E-state index in [9.17, 15) is 14.0 Å². The molecule has 2 fully saturated rings. The van der Waals surface area contributed by atoms with Crippen LogP contribution in [0.15, 0.2) is 48.5 Å². The fourth-order valence-corrected chi connectivity index (χ4v) is 5.37. The van der Waals surface area contributed by atoms with Crippen LogP contribution in [0.25, 0.3) is 0 Å². The zero-order valence-corrected chi connectivity index (χ0v) is 22.2. The third-order valence-electron chi connectivity index (χ3n) is 7.21. The molecule has 0 bridgehead atoms. The average molecular weight is 511 g/mol. The van der Waals surface area contributed by atoms with Gasteiger partial charge in [-0.1, -0.05) is 32.0 Å². The SMILES string of the molecule is COc1cccc(C(=O)N2CC(N(Cc3ccc(F)cc3)CC(C)C)CC2C(=O)N2CCCNCC2)c1. The van der Waals surface area contributed by atoms with Crippen LogP contribution in [0.4, 0.5) is 4.39 Å². The second-order valence-corrected chi connectivity index (χ2v) is 10.5. The number of carbonyl (C=O) groups is 2. The van der Waals surface area contributed by atoms with Crippen LogP contribution >= 0.6 is 0 Å². The maximum absolute atomic E-state index is 13.8. The highest BCUT2D eigenvalue weighted by molar-refractivity contribution is 5.98. The van der Waals surface area contributed by atoms with Gasteiger partial charge in [-0.2, -0.15) is 0 Å². The first kappa shape index (κ1) is 27.1. The first-order chi connectivity index (χ1) is 17.9. The van der Waals surface area contributed by atoms with Crippen LogP contribution in [0.3, 0.4) is 0 Å².